The lowest BCUT2D eigenvalue weighted by Crippen LogP contribution is -2.07. The summed E-state index contributed by atoms with van der Waals surface area (Å²) >= 11 is 6.00. The van der Waals surface area contributed by atoms with Crippen LogP contribution in [0.2, 0.25) is 5.28 Å². The zero-order chi connectivity index (χ0) is 12.4. The minimum Gasteiger partial charge on any atom is -0.444 e. The Morgan fingerprint density at radius 1 is 1.41 bits per heavy atom. The highest BCUT2D eigenvalue weighted by atomic mass is 35.5. The lowest BCUT2D eigenvalue weighted by molar-refractivity contribution is 0.441. The minimum absolute atomic E-state index is 0.260. The smallest absolute Gasteiger partial charge is 0.225 e. The van der Waals surface area contributed by atoms with Crippen molar-refractivity contribution in [1.82, 2.24) is 19.7 Å². The van der Waals surface area contributed by atoms with E-state index in [-0.39, 0.29) is 5.92 Å². The fraction of sp³-hybridized carbons (Fsp3) is 0.545. The number of oxazole rings is 1. The standard InChI is InChI=1S/C11H15ClN4O/c1-4-8-5-13-9(17-8)6-16-10(7(2)3)14-15-11(16)12/h5,7H,4,6H2,1-3H3. The molecule has 2 heterocycles. The van der Waals surface area contributed by atoms with Crippen molar-refractivity contribution < 1.29 is 4.42 Å². The van der Waals surface area contributed by atoms with Gasteiger partial charge in [-0.05, 0) is 11.6 Å². The molecule has 0 amide bonds. The van der Waals surface area contributed by atoms with Gasteiger partial charge in [0.25, 0.3) is 0 Å². The fourth-order valence-corrected chi connectivity index (χ4v) is 1.77. The number of rotatable bonds is 4. The fourth-order valence-electron chi connectivity index (χ4n) is 1.59. The van der Waals surface area contributed by atoms with Crippen LogP contribution >= 0.6 is 11.6 Å². The maximum atomic E-state index is 6.00. The molecule has 0 saturated carbocycles. The van der Waals surface area contributed by atoms with Gasteiger partial charge in [-0.2, -0.15) is 0 Å². The number of aryl methyl sites for hydroxylation is 1. The van der Waals surface area contributed by atoms with Gasteiger partial charge in [-0.3, -0.25) is 4.57 Å². The maximum absolute atomic E-state index is 6.00. The third-order valence-corrected chi connectivity index (χ3v) is 2.77. The molecule has 0 radical (unpaired) electrons. The van der Waals surface area contributed by atoms with E-state index in [4.69, 9.17) is 16.0 Å². The second-order valence-electron chi connectivity index (χ2n) is 4.14. The predicted octanol–water partition coefficient (Wildman–Crippen LogP) is 2.65. The molecule has 0 aliphatic heterocycles. The molecule has 2 aromatic rings. The van der Waals surface area contributed by atoms with E-state index in [0.717, 1.165) is 18.0 Å². The van der Waals surface area contributed by atoms with E-state index >= 15 is 0 Å². The highest BCUT2D eigenvalue weighted by molar-refractivity contribution is 6.28. The van der Waals surface area contributed by atoms with E-state index in [0.29, 0.717) is 17.7 Å². The first kappa shape index (κ1) is 12.1. The van der Waals surface area contributed by atoms with Crippen LogP contribution < -0.4 is 0 Å². The van der Waals surface area contributed by atoms with Crippen LogP contribution in [-0.4, -0.2) is 19.7 Å². The van der Waals surface area contributed by atoms with Gasteiger partial charge in [0.15, 0.2) is 0 Å². The third-order valence-electron chi connectivity index (χ3n) is 2.49. The average Bonchev–Trinajstić information content (AvgIpc) is 2.87. The Bertz CT molecular complexity index is 503. The summed E-state index contributed by atoms with van der Waals surface area (Å²) in [4.78, 5) is 4.20. The van der Waals surface area contributed by atoms with E-state index in [1.807, 2.05) is 25.3 Å². The van der Waals surface area contributed by atoms with Gasteiger partial charge in [0.2, 0.25) is 11.2 Å². The Balaban J connectivity index is 2.25. The molecule has 0 atom stereocenters. The van der Waals surface area contributed by atoms with E-state index < -0.39 is 0 Å². The SMILES string of the molecule is CCc1cnc(Cn2c(Cl)nnc2C(C)C)o1. The summed E-state index contributed by atoms with van der Waals surface area (Å²) in [7, 11) is 0. The van der Waals surface area contributed by atoms with Crippen molar-refractivity contribution >= 4 is 11.6 Å². The topological polar surface area (TPSA) is 56.7 Å². The normalized spacial score (nSPS) is 11.4. The number of nitrogens with zero attached hydrogens (tertiary/aromatic N) is 4. The molecule has 0 aliphatic rings. The molecule has 2 rings (SSSR count). The number of hydrogen-bond acceptors (Lipinski definition) is 4. The van der Waals surface area contributed by atoms with Gasteiger partial charge in [0, 0.05) is 12.3 Å². The van der Waals surface area contributed by atoms with Crippen molar-refractivity contribution in [3.05, 3.63) is 29.0 Å². The molecule has 0 spiro atoms. The Morgan fingerprint density at radius 2 is 2.18 bits per heavy atom. The average molecular weight is 255 g/mol. The van der Waals surface area contributed by atoms with E-state index in [9.17, 15) is 0 Å². The lowest BCUT2D eigenvalue weighted by Gasteiger charge is -2.07. The molecule has 0 saturated heterocycles. The van der Waals surface area contributed by atoms with Crippen LogP contribution in [0.5, 0.6) is 0 Å². The second-order valence-corrected chi connectivity index (χ2v) is 4.48. The molecule has 0 aromatic carbocycles. The van der Waals surface area contributed by atoms with Crippen molar-refractivity contribution in [2.45, 2.75) is 39.7 Å². The monoisotopic (exact) mass is 254 g/mol. The van der Waals surface area contributed by atoms with Crippen molar-refractivity contribution in [2.24, 2.45) is 0 Å². The summed E-state index contributed by atoms with van der Waals surface area (Å²) in [5.41, 5.74) is 0. The van der Waals surface area contributed by atoms with Crippen molar-refractivity contribution in [3.63, 3.8) is 0 Å². The second kappa shape index (κ2) is 4.87. The molecule has 0 unspecified atom stereocenters. The summed E-state index contributed by atoms with van der Waals surface area (Å²) in [5, 5.41) is 8.29. The van der Waals surface area contributed by atoms with Crippen molar-refractivity contribution in [1.29, 1.82) is 0 Å². The van der Waals surface area contributed by atoms with Gasteiger partial charge in [-0.15, -0.1) is 10.2 Å². The largest absolute Gasteiger partial charge is 0.444 e. The Hall–Kier alpha value is -1.36. The van der Waals surface area contributed by atoms with E-state index in [1.165, 1.54) is 0 Å². The van der Waals surface area contributed by atoms with Crippen molar-refractivity contribution in [2.75, 3.05) is 0 Å². The molecule has 5 nitrogen and oxygen atoms in total. The Morgan fingerprint density at radius 3 is 2.76 bits per heavy atom. The van der Waals surface area contributed by atoms with Crippen LogP contribution in [0.1, 0.15) is 44.2 Å². The Labute approximate surface area is 105 Å². The molecule has 2 aromatic heterocycles. The highest BCUT2D eigenvalue weighted by Gasteiger charge is 2.15. The van der Waals surface area contributed by atoms with Gasteiger partial charge < -0.3 is 4.42 Å². The first-order chi connectivity index (χ1) is 8.11. The maximum Gasteiger partial charge on any atom is 0.225 e. The molecule has 92 valence electrons. The molecule has 0 N–H and O–H groups in total. The van der Waals surface area contributed by atoms with Gasteiger partial charge in [-0.25, -0.2) is 4.98 Å². The van der Waals surface area contributed by atoms with Crippen molar-refractivity contribution in [3.8, 4) is 0 Å². The summed E-state index contributed by atoms with van der Waals surface area (Å²) in [6.07, 6.45) is 2.57. The Kier molecular flexibility index (Phi) is 3.47. The summed E-state index contributed by atoms with van der Waals surface area (Å²) in [6, 6.07) is 0. The minimum atomic E-state index is 0.260. The van der Waals surface area contributed by atoms with Crippen LogP contribution in [0.15, 0.2) is 10.6 Å². The highest BCUT2D eigenvalue weighted by Crippen LogP contribution is 2.18. The molecule has 6 heteroatoms. The zero-order valence-corrected chi connectivity index (χ0v) is 10.9. The predicted molar refractivity (Wildman–Crippen MR) is 64.1 cm³/mol. The van der Waals surface area contributed by atoms with Crippen LogP contribution in [0.3, 0.4) is 0 Å². The first-order valence-corrected chi connectivity index (χ1v) is 6.01. The van der Waals surface area contributed by atoms with Crippen LogP contribution in [0.25, 0.3) is 0 Å². The zero-order valence-electron chi connectivity index (χ0n) is 10.1. The molecule has 0 aliphatic carbocycles. The number of halogens is 1. The number of hydrogen-bond donors (Lipinski definition) is 0. The summed E-state index contributed by atoms with van der Waals surface area (Å²) in [6.45, 7) is 6.59. The van der Waals surface area contributed by atoms with Crippen LogP contribution in [0.4, 0.5) is 0 Å². The molecule has 0 fully saturated rings. The summed E-state index contributed by atoms with van der Waals surface area (Å²) in [5.74, 6) is 2.60. The quantitative estimate of drug-likeness (QED) is 0.842. The van der Waals surface area contributed by atoms with Gasteiger partial charge in [0.1, 0.15) is 18.1 Å². The molecule has 0 bridgehead atoms. The summed E-state index contributed by atoms with van der Waals surface area (Å²) < 4.78 is 7.37. The molecular weight excluding hydrogens is 240 g/mol. The first-order valence-electron chi connectivity index (χ1n) is 5.64. The van der Waals surface area contributed by atoms with Gasteiger partial charge >= 0.3 is 0 Å². The van der Waals surface area contributed by atoms with E-state index in [2.05, 4.69) is 15.2 Å². The third kappa shape index (κ3) is 2.49. The molecular formula is C11H15ClN4O. The van der Waals surface area contributed by atoms with E-state index in [1.54, 1.807) is 6.20 Å². The number of aromatic nitrogens is 4. The van der Waals surface area contributed by atoms with Gasteiger partial charge in [0.05, 0.1) is 6.20 Å². The molecule has 17 heavy (non-hydrogen) atoms. The van der Waals surface area contributed by atoms with Crippen LogP contribution in [-0.2, 0) is 13.0 Å². The van der Waals surface area contributed by atoms with Crippen LogP contribution in [0, 0.1) is 0 Å². The lowest BCUT2D eigenvalue weighted by atomic mass is 10.2. The van der Waals surface area contributed by atoms with Gasteiger partial charge in [-0.1, -0.05) is 20.8 Å².